The lowest BCUT2D eigenvalue weighted by Crippen LogP contribution is -2.30. The summed E-state index contributed by atoms with van der Waals surface area (Å²) >= 11 is 3.33. The molecule has 7 heteroatoms. The number of anilines is 1. The Morgan fingerprint density at radius 2 is 1.93 bits per heavy atom. The van der Waals surface area contributed by atoms with Crippen LogP contribution in [0.4, 0.5) is 10.1 Å². The molecule has 2 aromatic carbocycles. The number of halogens is 2. The van der Waals surface area contributed by atoms with Gasteiger partial charge in [0.1, 0.15) is 18.2 Å². The molecule has 0 saturated heterocycles. The van der Waals surface area contributed by atoms with Gasteiger partial charge in [0.25, 0.3) is 5.56 Å². The predicted octanol–water partition coefficient (Wildman–Crippen LogP) is 4.01. The number of hydrogen-bond donors (Lipinski definition) is 1. The van der Waals surface area contributed by atoms with Gasteiger partial charge in [-0.1, -0.05) is 35.0 Å². The van der Waals surface area contributed by atoms with Crippen LogP contribution in [0.5, 0.6) is 0 Å². The molecule has 0 aliphatic rings. The lowest BCUT2D eigenvalue weighted by atomic mass is 10.2. The Bertz CT molecular complexity index is 1030. The molecule has 0 unspecified atom stereocenters. The van der Waals surface area contributed by atoms with E-state index in [1.165, 1.54) is 22.8 Å². The number of rotatable bonds is 5. The first-order chi connectivity index (χ1) is 13.0. The van der Waals surface area contributed by atoms with Crippen LogP contribution in [-0.4, -0.2) is 15.5 Å². The van der Waals surface area contributed by atoms with Crippen molar-refractivity contribution >= 4 is 27.5 Å². The molecule has 0 fully saturated rings. The molecule has 0 aliphatic heterocycles. The van der Waals surface area contributed by atoms with Crippen LogP contribution in [0, 0.1) is 5.82 Å². The highest BCUT2D eigenvalue weighted by atomic mass is 79.9. The minimum Gasteiger partial charge on any atom is -0.325 e. The molecule has 27 heavy (non-hydrogen) atoms. The Balaban J connectivity index is 1.95. The van der Waals surface area contributed by atoms with E-state index in [-0.39, 0.29) is 23.8 Å². The zero-order valence-electron chi connectivity index (χ0n) is 14.6. The van der Waals surface area contributed by atoms with Gasteiger partial charge in [0.05, 0.1) is 0 Å². The number of aryl methyl sites for hydroxylation is 1. The van der Waals surface area contributed by atoms with E-state index in [0.717, 1.165) is 4.47 Å². The number of carbonyl (C=O) groups is 1. The third-order valence-electron chi connectivity index (χ3n) is 3.94. The Morgan fingerprint density at radius 3 is 2.59 bits per heavy atom. The molecule has 0 bridgehead atoms. The van der Waals surface area contributed by atoms with Crippen molar-refractivity contribution in [2.24, 2.45) is 0 Å². The molecule has 1 N–H and O–H groups in total. The molecule has 5 nitrogen and oxygen atoms in total. The first kappa shape index (κ1) is 19.0. The second-order valence-electron chi connectivity index (χ2n) is 5.91. The molecule has 3 aromatic rings. The SMILES string of the molecule is CCc1cc(=O)n(CC(=O)Nc2ccc(Br)cc2)c(-c2cccc(F)c2)n1. The van der Waals surface area contributed by atoms with Gasteiger partial charge in [0.2, 0.25) is 5.91 Å². The number of carbonyl (C=O) groups excluding carboxylic acids is 1. The minimum atomic E-state index is -0.436. The average Bonchev–Trinajstić information content (AvgIpc) is 2.65. The normalized spacial score (nSPS) is 10.6. The maximum atomic E-state index is 13.7. The first-order valence-corrected chi connectivity index (χ1v) is 9.17. The molecule has 0 saturated carbocycles. The van der Waals surface area contributed by atoms with Crippen LogP contribution in [0.1, 0.15) is 12.6 Å². The highest BCUT2D eigenvalue weighted by molar-refractivity contribution is 9.10. The molecule has 0 aliphatic carbocycles. The van der Waals surface area contributed by atoms with Gasteiger partial charge in [0.15, 0.2) is 0 Å². The highest BCUT2D eigenvalue weighted by Crippen LogP contribution is 2.18. The van der Waals surface area contributed by atoms with Crippen molar-refractivity contribution in [3.8, 4) is 11.4 Å². The summed E-state index contributed by atoms with van der Waals surface area (Å²) in [6.07, 6.45) is 0.559. The summed E-state index contributed by atoms with van der Waals surface area (Å²) in [5.74, 6) is -0.539. The van der Waals surface area contributed by atoms with E-state index in [9.17, 15) is 14.0 Å². The van der Waals surface area contributed by atoms with Gasteiger partial charge >= 0.3 is 0 Å². The van der Waals surface area contributed by atoms with Crippen molar-refractivity contribution in [3.63, 3.8) is 0 Å². The van der Waals surface area contributed by atoms with Crippen LogP contribution in [0.3, 0.4) is 0 Å². The minimum absolute atomic E-state index is 0.224. The zero-order chi connectivity index (χ0) is 19.4. The van der Waals surface area contributed by atoms with E-state index in [4.69, 9.17) is 0 Å². The van der Waals surface area contributed by atoms with Crippen molar-refractivity contribution in [3.05, 3.63) is 80.9 Å². The molecule has 3 rings (SSSR count). The molecule has 0 spiro atoms. The number of benzene rings is 2. The van der Waals surface area contributed by atoms with Crippen LogP contribution in [0.25, 0.3) is 11.4 Å². The van der Waals surface area contributed by atoms with E-state index in [2.05, 4.69) is 26.2 Å². The molecular formula is C20H17BrFN3O2. The van der Waals surface area contributed by atoms with Gasteiger partial charge in [-0.25, -0.2) is 9.37 Å². The molecule has 0 atom stereocenters. The highest BCUT2D eigenvalue weighted by Gasteiger charge is 2.14. The maximum Gasteiger partial charge on any atom is 0.254 e. The van der Waals surface area contributed by atoms with Gasteiger partial charge in [-0.05, 0) is 42.8 Å². The van der Waals surface area contributed by atoms with Crippen LogP contribution < -0.4 is 10.9 Å². The number of hydrogen-bond acceptors (Lipinski definition) is 3. The van der Waals surface area contributed by atoms with Crippen molar-refractivity contribution in [1.82, 2.24) is 9.55 Å². The summed E-state index contributed by atoms with van der Waals surface area (Å²) in [5.41, 5.74) is 1.29. The standard InChI is InChI=1S/C20H17BrFN3O2/c1-2-16-11-19(27)25(20(24-16)13-4-3-5-15(22)10-13)12-18(26)23-17-8-6-14(21)7-9-17/h3-11H,2,12H2,1H3,(H,23,26). The third kappa shape index (κ3) is 4.68. The number of aromatic nitrogens is 2. The average molecular weight is 430 g/mol. The third-order valence-corrected chi connectivity index (χ3v) is 4.46. The van der Waals surface area contributed by atoms with E-state index in [0.29, 0.717) is 23.4 Å². The summed E-state index contributed by atoms with van der Waals surface area (Å²) in [6.45, 7) is 1.65. The van der Waals surface area contributed by atoms with Crippen LogP contribution in [0.15, 0.2) is 63.9 Å². The van der Waals surface area contributed by atoms with Gasteiger partial charge in [-0.2, -0.15) is 0 Å². The molecule has 1 aromatic heterocycles. The number of nitrogens with zero attached hydrogens (tertiary/aromatic N) is 2. The fraction of sp³-hybridized carbons (Fsp3) is 0.150. The van der Waals surface area contributed by atoms with Gasteiger partial charge in [-0.15, -0.1) is 0 Å². The van der Waals surface area contributed by atoms with Crippen LogP contribution >= 0.6 is 15.9 Å². The lowest BCUT2D eigenvalue weighted by molar-refractivity contribution is -0.116. The topological polar surface area (TPSA) is 64.0 Å². The van der Waals surface area contributed by atoms with Gasteiger partial charge in [-0.3, -0.25) is 14.2 Å². The first-order valence-electron chi connectivity index (χ1n) is 8.38. The number of nitrogens with one attached hydrogen (secondary N) is 1. The molecule has 0 radical (unpaired) electrons. The molecule has 138 valence electrons. The maximum absolute atomic E-state index is 13.7. The van der Waals surface area contributed by atoms with Gasteiger partial charge < -0.3 is 5.32 Å². The van der Waals surface area contributed by atoms with Crippen molar-refractivity contribution in [1.29, 1.82) is 0 Å². The van der Waals surface area contributed by atoms with Crippen LogP contribution in [0.2, 0.25) is 0 Å². The molecular weight excluding hydrogens is 413 g/mol. The van der Waals surface area contributed by atoms with E-state index < -0.39 is 5.82 Å². The smallest absolute Gasteiger partial charge is 0.254 e. The summed E-state index contributed by atoms with van der Waals surface area (Å²) in [7, 11) is 0. The summed E-state index contributed by atoms with van der Waals surface area (Å²) in [4.78, 5) is 29.4. The Hall–Kier alpha value is -2.80. The fourth-order valence-corrected chi connectivity index (χ4v) is 2.88. The summed E-state index contributed by atoms with van der Waals surface area (Å²) in [5, 5.41) is 2.74. The quantitative estimate of drug-likeness (QED) is 0.666. The Labute approximate surface area is 164 Å². The Kier molecular flexibility index (Phi) is 5.81. The van der Waals surface area contributed by atoms with Crippen molar-refractivity contribution < 1.29 is 9.18 Å². The van der Waals surface area contributed by atoms with Crippen LogP contribution in [-0.2, 0) is 17.8 Å². The van der Waals surface area contributed by atoms with Crippen molar-refractivity contribution in [2.75, 3.05) is 5.32 Å². The molecule has 1 amide bonds. The van der Waals surface area contributed by atoms with Crippen molar-refractivity contribution in [2.45, 2.75) is 19.9 Å². The monoisotopic (exact) mass is 429 g/mol. The summed E-state index contributed by atoms with van der Waals surface area (Å²) in [6, 6.07) is 14.3. The van der Waals surface area contributed by atoms with Gasteiger partial charge in [0, 0.05) is 27.5 Å². The zero-order valence-corrected chi connectivity index (χ0v) is 16.2. The fourth-order valence-electron chi connectivity index (χ4n) is 2.61. The largest absolute Gasteiger partial charge is 0.325 e. The molecule has 1 heterocycles. The second kappa shape index (κ2) is 8.26. The lowest BCUT2D eigenvalue weighted by Gasteiger charge is -2.14. The Morgan fingerprint density at radius 1 is 1.19 bits per heavy atom. The predicted molar refractivity (Wildman–Crippen MR) is 106 cm³/mol. The van der Waals surface area contributed by atoms with E-state index >= 15 is 0 Å². The van der Waals surface area contributed by atoms with E-state index in [1.807, 2.05) is 6.92 Å². The number of amides is 1. The second-order valence-corrected chi connectivity index (χ2v) is 6.83. The van der Waals surface area contributed by atoms with E-state index in [1.54, 1.807) is 36.4 Å². The summed E-state index contributed by atoms with van der Waals surface area (Å²) < 4.78 is 15.8.